The standard InChI is InChI=1S/C36H31N3O2.C2H6/c1-40-33-19-15-29(16-20-33)27-7-11-31(12-8-27)35(38)36(39-24-26-5-3-25(23-37)4-6-26)32-13-9-28(10-14-32)30-17-21-34(41-2)22-18-30;1-2/h3-22,39H,24,38H2,1-2H3;1-2H3/b36-35-;. The van der Waals surface area contributed by atoms with Crippen LogP contribution in [0.5, 0.6) is 11.5 Å². The van der Waals surface area contributed by atoms with Crippen molar-refractivity contribution in [3.05, 3.63) is 144 Å². The van der Waals surface area contributed by atoms with Crippen LogP contribution in [0, 0.1) is 11.3 Å². The maximum absolute atomic E-state index is 9.14. The molecular weight excluding hydrogens is 530 g/mol. The molecule has 5 nitrogen and oxygen atoms in total. The van der Waals surface area contributed by atoms with Crippen LogP contribution in [0.1, 0.15) is 36.1 Å². The van der Waals surface area contributed by atoms with E-state index in [1.807, 2.05) is 98.8 Å². The number of hydrogen-bond donors (Lipinski definition) is 2. The number of nitrogens with zero attached hydrogens (tertiary/aromatic N) is 1. The van der Waals surface area contributed by atoms with Crippen LogP contribution in [-0.2, 0) is 6.54 Å². The minimum atomic E-state index is 0.561. The molecule has 5 aromatic rings. The summed E-state index contributed by atoms with van der Waals surface area (Å²) in [6.45, 7) is 4.56. The maximum atomic E-state index is 9.14. The Kier molecular flexibility index (Phi) is 10.6. The molecule has 0 fully saturated rings. The van der Waals surface area contributed by atoms with Gasteiger partial charge < -0.3 is 20.5 Å². The van der Waals surface area contributed by atoms with Gasteiger partial charge in [-0.25, -0.2) is 0 Å². The van der Waals surface area contributed by atoms with Gasteiger partial charge in [-0.3, -0.25) is 0 Å². The lowest BCUT2D eigenvalue weighted by Gasteiger charge is -2.17. The van der Waals surface area contributed by atoms with Crippen molar-refractivity contribution in [3.63, 3.8) is 0 Å². The van der Waals surface area contributed by atoms with Crippen LogP contribution in [0.15, 0.2) is 121 Å². The van der Waals surface area contributed by atoms with E-state index in [2.05, 4.69) is 47.8 Å². The Balaban J connectivity index is 0.00000207. The third kappa shape index (κ3) is 7.63. The van der Waals surface area contributed by atoms with Crippen LogP contribution in [0.25, 0.3) is 33.6 Å². The SMILES string of the molecule is CC.COc1ccc(-c2ccc(/C(N)=C(/NCc3ccc(C#N)cc3)c3ccc(-c4ccc(OC)cc4)cc3)cc2)cc1. The summed E-state index contributed by atoms with van der Waals surface area (Å²) in [4.78, 5) is 0. The van der Waals surface area contributed by atoms with E-state index in [1.165, 1.54) is 0 Å². The first-order valence-corrected chi connectivity index (χ1v) is 14.3. The van der Waals surface area contributed by atoms with Crippen molar-refractivity contribution < 1.29 is 9.47 Å². The normalized spacial score (nSPS) is 10.9. The van der Waals surface area contributed by atoms with Gasteiger partial charge in [-0.15, -0.1) is 0 Å². The van der Waals surface area contributed by atoms with E-state index in [9.17, 15) is 0 Å². The topological polar surface area (TPSA) is 80.3 Å². The van der Waals surface area contributed by atoms with Gasteiger partial charge in [0.05, 0.1) is 37.2 Å². The van der Waals surface area contributed by atoms with Gasteiger partial charge in [-0.1, -0.05) is 98.8 Å². The van der Waals surface area contributed by atoms with Crippen LogP contribution in [0.2, 0.25) is 0 Å². The van der Waals surface area contributed by atoms with Gasteiger partial charge in [-0.2, -0.15) is 5.26 Å². The van der Waals surface area contributed by atoms with Gasteiger partial charge in [-0.05, 0) is 75.3 Å². The first kappa shape index (κ1) is 30.5. The number of rotatable bonds is 9. The number of nitrogens with one attached hydrogen (secondary N) is 1. The smallest absolute Gasteiger partial charge is 0.118 e. The monoisotopic (exact) mass is 567 g/mol. The Morgan fingerprint density at radius 1 is 0.605 bits per heavy atom. The number of nitriles is 1. The molecule has 0 aliphatic heterocycles. The third-order valence-electron chi connectivity index (χ3n) is 7.04. The molecule has 0 aliphatic rings. The van der Waals surface area contributed by atoms with Gasteiger partial charge in [0, 0.05) is 6.54 Å². The molecular formula is C38H37N3O2. The summed E-state index contributed by atoms with van der Waals surface area (Å²) in [5.41, 5.74) is 16.3. The van der Waals surface area contributed by atoms with Crippen LogP contribution in [-0.4, -0.2) is 14.2 Å². The molecule has 0 saturated carbocycles. The summed E-state index contributed by atoms with van der Waals surface area (Å²) >= 11 is 0. The first-order valence-electron chi connectivity index (χ1n) is 14.3. The predicted molar refractivity (Wildman–Crippen MR) is 177 cm³/mol. The molecule has 0 atom stereocenters. The van der Waals surface area contributed by atoms with Crippen molar-refractivity contribution in [1.29, 1.82) is 5.26 Å². The molecule has 0 unspecified atom stereocenters. The highest BCUT2D eigenvalue weighted by Gasteiger charge is 2.11. The van der Waals surface area contributed by atoms with Crippen molar-refractivity contribution >= 4 is 11.4 Å². The first-order chi connectivity index (χ1) is 21.1. The number of benzene rings is 5. The van der Waals surface area contributed by atoms with Crippen molar-refractivity contribution in [2.24, 2.45) is 5.73 Å². The van der Waals surface area contributed by atoms with E-state index < -0.39 is 0 Å². The third-order valence-corrected chi connectivity index (χ3v) is 7.04. The zero-order valence-electron chi connectivity index (χ0n) is 25.1. The lowest BCUT2D eigenvalue weighted by molar-refractivity contribution is 0.415. The largest absolute Gasteiger partial charge is 0.497 e. The van der Waals surface area contributed by atoms with Crippen molar-refractivity contribution in [2.75, 3.05) is 14.2 Å². The van der Waals surface area contributed by atoms with Gasteiger partial charge in [0.25, 0.3) is 0 Å². The lowest BCUT2D eigenvalue weighted by Crippen LogP contribution is -2.17. The van der Waals surface area contributed by atoms with E-state index >= 15 is 0 Å². The molecule has 216 valence electrons. The van der Waals surface area contributed by atoms with Crippen molar-refractivity contribution in [2.45, 2.75) is 20.4 Å². The van der Waals surface area contributed by atoms with E-state index in [0.717, 1.165) is 56.1 Å². The number of methoxy groups -OCH3 is 2. The van der Waals surface area contributed by atoms with E-state index in [4.69, 9.17) is 20.5 Å². The summed E-state index contributed by atoms with van der Waals surface area (Å²) in [5, 5.41) is 12.7. The molecule has 0 amide bonds. The Morgan fingerprint density at radius 3 is 1.40 bits per heavy atom. The molecule has 0 aromatic heterocycles. The molecule has 5 heteroatoms. The second kappa shape index (κ2) is 15.0. The van der Waals surface area contributed by atoms with Crippen molar-refractivity contribution in [3.8, 4) is 39.8 Å². The van der Waals surface area contributed by atoms with Crippen LogP contribution < -0.4 is 20.5 Å². The van der Waals surface area contributed by atoms with E-state index in [0.29, 0.717) is 17.8 Å². The zero-order valence-corrected chi connectivity index (χ0v) is 25.1. The predicted octanol–water partition coefficient (Wildman–Crippen LogP) is 8.51. The minimum Gasteiger partial charge on any atom is -0.497 e. The van der Waals surface area contributed by atoms with Gasteiger partial charge >= 0.3 is 0 Å². The van der Waals surface area contributed by atoms with Crippen molar-refractivity contribution in [1.82, 2.24) is 5.32 Å². The summed E-state index contributed by atoms with van der Waals surface area (Å²) in [6.07, 6.45) is 0. The second-order valence-electron chi connectivity index (χ2n) is 9.56. The quantitative estimate of drug-likeness (QED) is 0.175. The molecule has 5 aromatic carbocycles. The molecule has 3 N–H and O–H groups in total. The molecule has 0 spiro atoms. The van der Waals surface area contributed by atoms with Crippen LogP contribution in [0.4, 0.5) is 0 Å². The number of ether oxygens (including phenoxy) is 2. The Labute approximate surface area is 254 Å². The van der Waals surface area contributed by atoms with Gasteiger partial charge in [0.2, 0.25) is 0 Å². The molecule has 0 heterocycles. The van der Waals surface area contributed by atoms with Crippen LogP contribution in [0.3, 0.4) is 0 Å². The summed E-state index contributed by atoms with van der Waals surface area (Å²) in [7, 11) is 3.33. The highest BCUT2D eigenvalue weighted by Crippen LogP contribution is 2.28. The highest BCUT2D eigenvalue weighted by atomic mass is 16.5. The number of nitrogens with two attached hydrogens (primary N) is 1. The molecule has 0 aliphatic carbocycles. The average Bonchev–Trinajstić information content (AvgIpc) is 3.10. The highest BCUT2D eigenvalue weighted by molar-refractivity contribution is 5.89. The fraction of sp³-hybridized carbons (Fsp3) is 0.132. The molecule has 0 radical (unpaired) electrons. The second-order valence-corrected chi connectivity index (χ2v) is 9.56. The summed E-state index contributed by atoms with van der Waals surface area (Å²) in [5.74, 6) is 1.65. The average molecular weight is 568 g/mol. The fourth-order valence-electron chi connectivity index (χ4n) is 4.62. The zero-order chi connectivity index (χ0) is 30.6. The Morgan fingerprint density at radius 2 is 1.00 bits per heavy atom. The van der Waals surface area contributed by atoms with Gasteiger partial charge in [0.1, 0.15) is 11.5 Å². The summed E-state index contributed by atoms with van der Waals surface area (Å²) < 4.78 is 10.6. The molecule has 43 heavy (non-hydrogen) atoms. The lowest BCUT2D eigenvalue weighted by atomic mass is 9.99. The van der Waals surface area contributed by atoms with E-state index in [1.54, 1.807) is 14.2 Å². The number of hydrogen-bond acceptors (Lipinski definition) is 5. The fourth-order valence-corrected chi connectivity index (χ4v) is 4.62. The van der Waals surface area contributed by atoms with E-state index in [-0.39, 0.29) is 0 Å². The minimum absolute atomic E-state index is 0.561. The van der Waals surface area contributed by atoms with Gasteiger partial charge in [0.15, 0.2) is 0 Å². The Hall–Kier alpha value is -5.47. The maximum Gasteiger partial charge on any atom is 0.118 e. The summed E-state index contributed by atoms with van der Waals surface area (Å²) in [6, 6.07) is 42.4. The molecule has 5 rings (SSSR count). The van der Waals surface area contributed by atoms with Crippen LogP contribution >= 0.6 is 0 Å². The molecule has 0 bridgehead atoms. The molecule has 0 saturated heterocycles. The Bertz CT molecular complexity index is 1660.